The zero-order valence-electron chi connectivity index (χ0n) is 8.84. The number of hydrogen-bond acceptors (Lipinski definition) is 4. The highest BCUT2D eigenvalue weighted by atomic mass is 32.2. The fraction of sp³-hybridized carbons (Fsp3) is 0.625. The van der Waals surface area contributed by atoms with Crippen molar-refractivity contribution in [3.05, 3.63) is 12.3 Å². The fourth-order valence-corrected chi connectivity index (χ4v) is 2.49. The van der Waals surface area contributed by atoms with E-state index in [1.54, 1.807) is 0 Å². The summed E-state index contributed by atoms with van der Waals surface area (Å²) in [6.07, 6.45) is 2.04. The van der Waals surface area contributed by atoms with Crippen LogP contribution < -0.4 is 5.73 Å². The standard InChI is InChI=1S/C8H16N4O2S/c1-7(3-5-9)12(2)15(13,14)8-4-6-10-11-8/h4,6-7H,3,5,9H2,1-2H3,(H,10,11). The monoisotopic (exact) mass is 232 g/mol. The predicted octanol–water partition coefficient (Wildman–Crippen LogP) is -0.233. The number of rotatable bonds is 5. The SMILES string of the molecule is CC(CCN)N(C)S(=O)(=O)c1ccn[nH]1. The Morgan fingerprint density at radius 3 is 2.80 bits per heavy atom. The minimum Gasteiger partial charge on any atom is -0.330 e. The van der Waals surface area contributed by atoms with Crippen molar-refractivity contribution in [2.24, 2.45) is 5.73 Å². The lowest BCUT2D eigenvalue weighted by Crippen LogP contribution is -2.36. The van der Waals surface area contributed by atoms with Gasteiger partial charge in [0.05, 0.1) is 6.20 Å². The summed E-state index contributed by atoms with van der Waals surface area (Å²) in [4.78, 5) is 0. The molecule has 0 aliphatic heterocycles. The van der Waals surface area contributed by atoms with Crippen molar-refractivity contribution in [2.75, 3.05) is 13.6 Å². The van der Waals surface area contributed by atoms with Gasteiger partial charge in [-0.3, -0.25) is 5.10 Å². The number of nitrogens with two attached hydrogens (primary N) is 1. The van der Waals surface area contributed by atoms with Crippen molar-refractivity contribution in [2.45, 2.75) is 24.4 Å². The molecule has 1 atom stereocenters. The normalized spacial score (nSPS) is 14.4. The number of aromatic amines is 1. The molecule has 0 saturated carbocycles. The Balaban J connectivity index is 2.88. The molecule has 0 aromatic carbocycles. The second kappa shape index (κ2) is 4.73. The van der Waals surface area contributed by atoms with Crippen LogP contribution in [0.5, 0.6) is 0 Å². The lowest BCUT2D eigenvalue weighted by Gasteiger charge is -2.22. The van der Waals surface area contributed by atoms with Crippen LogP contribution in [-0.4, -0.2) is 42.6 Å². The van der Waals surface area contributed by atoms with Gasteiger partial charge in [0, 0.05) is 13.1 Å². The molecule has 0 amide bonds. The zero-order valence-corrected chi connectivity index (χ0v) is 9.66. The van der Waals surface area contributed by atoms with E-state index in [-0.39, 0.29) is 11.1 Å². The lowest BCUT2D eigenvalue weighted by molar-refractivity contribution is 0.373. The molecule has 1 aromatic heterocycles. The third-order valence-electron chi connectivity index (χ3n) is 2.34. The van der Waals surface area contributed by atoms with Gasteiger partial charge in [0.25, 0.3) is 10.0 Å². The van der Waals surface area contributed by atoms with Crippen LogP contribution in [0.25, 0.3) is 0 Å². The van der Waals surface area contributed by atoms with Crippen molar-refractivity contribution >= 4 is 10.0 Å². The van der Waals surface area contributed by atoms with Crippen LogP contribution in [0, 0.1) is 0 Å². The predicted molar refractivity (Wildman–Crippen MR) is 56.7 cm³/mol. The third kappa shape index (κ3) is 2.55. The van der Waals surface area contributed by atoms with Crippen LogP contribution >= 0.6 is 0 Å². The first kappa shape index (κ1) is 12.2. The number of H-pyrrole nitrogens is 1. The highest BCUT2D eigenvalue weighted by molar-refractivity contribution is 7.89. The Kier molecular flexibility index (Phi) is 3.83. The molecule has 3 N–H and O–H groups in total. The van der Waals surface area contributed by atoms with Crippen molar-refractivity contribution < 1.29 is 8.42 Å². The molecule has 0 spiro atoms. The Morgan fingerprint density at radius 2 is 2.33 bits per heavy atom. The van der Waals surface area contributed by atoms with Gasteiger partial charge in [0.15, 0.2) is 5.03 Å². The van der Waals surface area contributed by atoms with Gasteiger partial charge in [-0.2, -0.15) is 9.40 Å². The Bertz CT molecular complexity index is 387. The third-order valence-corrected chi connectivity index (χ3v) is 4.24. The average Bonchev–Trinajstić information content (AvgIpc) is 2.70. The molecule has 0 aliphatic carbocycles. The van der Waals surface area contributed by atoms with Crippen molar-refractivity contribution in [3.63, 3.8) is 0 Å². The van der Waals surface area contributed by atoms with Crippen molar-refractivity contribution in [1.29, 1.82) is 0 Å². The van der Waals surface area contributed by atoms with E-state index in [0.717, 1.165) is 0 Å². The molecule has 1 heterocycles. The summed E-state index contributed by atoms with van der Waals surface area (Å²) in [5.41, 5.74) is 5.39. The molecule has 1 rings (SSSR count). The van der Waals surface area contributed by atoms with Crippen LogP contribution in [0.2, 0.25) is 0 Å². The van der Waals surface area contributed by atoms with Gasteiger partial charge in [-0.05, 0) is 26.0 Å². The van der Waals surface area contributed by atoms with Gasteiger partial charge in [0.2, 0.25) is 0 Å². The minimum atomic E-state index is -3.46. The van der Waals surface area contributed by atoms with Gasteiger partial charge in [-0.1, -0.05) is 0 Å². The van der Waals surface area contributed by atoms with E-state index in [2.05, 4.69) is 10.2 Å². The number of hydrogen-bond donors (Lipinski definition) is 2. The number of nitrogens with zero attached hydrogens (tertiary/aromatic N) is 2. The number of aromatic nitrogens is 2. The van der Waals surface area contributed by atoms with E-state index < -0.39 is 10.0 Å². The molecule has 6 nitrogen and oxygen atoms in total. The first-order valence-electron chi connectivity index (χ1n) is 4.67. The molecule has 15 heavy (non-hydrogen) atoms. The largest absolute Gasteiger partial charge is 0.330 e. The molecule has 0 bridgehead atoms. The Labute approximate surface area is 89.5 Å². The summed E-state index contributed by atoms with van der Waals surface area (Å²) in [5, 5.41) is 6.17. The van der Waals surface area contributed by atoms with E-state index >= 15 is 0 Å². The summed E-state index contributed by atoms with van der Waals surface area (Å²) in [6, 6.07) is 1.31. The van der Waals surface area contributed by atoms with Gasteiger partial charge in [0.1, 0.15) is 0 Å². The maximum absolute atomic E-state index is 11.9. The maximum Gasteiger partial charge on any atom is 0.259 e. The average molecular weight is 232 g/mol. The van der Waals surface area contributed by atoms with Gasteiger partial charge >= 0.3 is 0 Å². The minimum absolute atomic E-state index is 0.105. The summed E-state index contributed by atoms with van der Waals surface area (Å²) in [7, 11) is -1.92. The molecular formula is C8H16N4O2S. The molecule has 0 saturated heterocycles. The van der Waals surface area contributed by atoms with Crippen molar-refractivity contribution in [1.82, 2.24) is 14.5 Å². The topological polar surface area (TPSA) is 92.1 Å². The number of nitrogens with one attached hydrogen (secondary N) is 1. The summed E-state index contributed by atoms with van der Waals surface area (Å²) >= 11 is 0. The second-order valence-corrected chi connectivity index (χ2v) is 5.33. The van der Waals surface area contributed by atoms with E-state index in [1.807, 2.05) is 6.92 Å². The number of sulfonamides is 1. The van der Waals surface area contributed by atoms with Gasteiger partial charge in [-0.15, -0.1) is 0 Å². The van der Waals surface area contributed by atoms with Crippen LogP contribution in [0.1, 0.15) is 13.3 Å². The van der Waals surface area contributed by atoms with Gasteiger partial charge < -0.3 is 5.73 Å². The molecule has 0 aliphatic rings. The van der Waals surface area contributed by atoms with Crippen LogP contribution in [0.15, 0.2) is 17.3 Å². The van der Waals surface area contributed by atoms with Gasteiger partial charge in [-0.25, -0.2) is 8.42 Å². The van der Waals surface area contributed by atoms with E-state index in [0.29, 0.717) is 13.0 Å². The highest BCUT2D eigenvalue weighted by Gasteiger charge is 2.25. The summed E-state index contributed by atoms with van der Waals surface area (Å²) < 4.78 is 25.1. The van der Waals surface area contributed by atoms with E-state index in [9.17, 15) is 8.42 Å². The zero-order chi connectivity index (χ0) is 11.5. The molecular weight excluding hydrogens is 216 g/mol. The molecule has 0 radical (unpaired) electrons. The molecule has 86 valence electrons. The Hall–Kier alpha value is -0.920. The lowest BCUT2D eigenvalue weighted by atomic mass is 10.2. The fourth-order valence-electron chi connectivity index (χ4n) is 1.20. The molecule has 1 aromatic rings. The second-order valence-electron chi connectivity index (χ2n) is 3.37. The van der Waals surface area contributed by atoms with E-state index in [1.165, 1.54) is 23.6 Å². The van der Waals surface area contributed by atoms with E-state index in [4.69, 9.17) is 5.73 Å². The van der Waals surface area contributed by atoms with Crippen molar-refractivity contribution in [3.8, 4) is 0 Å². The first-order valence-corrected chi connectivity index (χ1v) is 6.11. The van der Waals surface area contributed by atoms with Crippen LogP contribution in [-0.2, 0) is 10.0 Å². The summed E-state index contributed by atoms with van der Waals surface area (Å²) in [6.45, 7) is 2.28. The Morgan fingerprint density at radius 1 is 1.67 bits per heavy atom. The molecule has 7 heteroatoms. The van der Waals surface area contributed by atoms with Crippen LogP contribution in [0.4, 0.5) is 0 Å². The molecule has 0 fully saturated rings. The maximum atomic E-state index is 11.9. The smallest absolute Gasteiger partial charge is 0.259 e. The first-order chi connectivity index (χ1) is 7.00. The van der Waals surface area contributed by atoms with Crippen LogP contribution in [0.3, 0.4) is 0 Å². The highest BCUT2D eigenvalue weighted by Crippen LogP contribution is 2.14. The quantitative estimate of drug-likeness (QED) is 0.733. The summed E-state index contributed by atoms with van der Waals surface area (Å²) in [5.74, 6) is 0. The molecule has 1 unspecified atom stereocenters.